The van der Waals surface area contributed by atoms with Crippen LogP contribution in [0.1, 0.15) is 30.9 Å². The second kappa shape index (κ2) is 5.76. The average molecular weight is 208 g/mol. The van der Waals surface area contributed by atoms with Crippen molar-refractivity contribution in [2.24, 2.45) is 0 Å². The lowest BCUT2D eigenvalue weighted by Crippen LogP contribution is -2.04. The van der Waals surface area contributed by atoms with E-state index in [1.807, 2.05) is 6.07 Å². The standard InChI is InChI=1S/C13H20O2/c1-10-6-7-13(11(2)9-10)15-8-4-5-12(3)14/h6-7,9,12,14H,4-5,8H2,1-3H3. The van der Waals surface area contributed by atoms with Gasteiger partial charge in [-0.1, -0.05) is 17.7 Å². The van der Waals surface area contributed by atoms with Crippen molar-refractivity contribution in [2.45, 2.75) is 39.7 Å². The topological polar surface area (TPSA) is 29.5 Å². The van der Waals surface area contributed by atoms with Crippen LogP contribution in [0.2, 0.25) is 0 Å². The Balaban J connectivity index is 2.37. The van der Waals surface area contributed by atoms with Crippen LogP contribution in [0.15, 0.2) is 18.2 Å². The molecule has 15 heavy (non-hydrogen) atoms. The van der Waals surface area contributed by atoms with Crippen molar-refractivity contribution in [1.29, 1.82) is 0 Å². The Labute approximate surface area is 91.9 Å². The molecule has 0 spiro atoms. The van der Waals surface area contributed by atoms with Crippen LogP contribution in [0, 0.1) is 13.8 Å². The Morgan fingerprint density at radius 2 is 2.07 bits per heavy atom. The molecule has 1 N–H and O–H groups in total. The number of rotatable bonds is 5. The Bertz CT molecular complexity index is 305. The van der Waals surface area contributed by atoms with Crippen LogP contribution < -0.4 is 4.74 Å². The zero-order valence-corrected chi connectivity index (χ0v) is 9.79. The van der Waals surface area contributed by atoms with Crippen molar-refractivity contribution >= 4 is 0 Å². The van der Waals surface area contributed by atoms with Gasteiger partial charge in [-0.3, -0.25) is 0 Å². The molecular weight excluding hydrogens is 188 g/mol. The van der Waals surface area contributed by atoms with Gasteiger partial charge in [0.25, 0.3) is 0 Å². The van der Waals surface area contributed by atoms with Gasteiger partial charge in [0.2, 0.25) is 0 Å². The molecule has 0 bridgehead atoms. The first-order chi connectivity index (χ1) is 7.09. The minimum atomic E-state index is -0.229. The van der Waals surface area contributed by atoms with E-state index in [2.05, 4.69) is 26.0 Å². The van der Waals surface area contributed by atoms with E-state index < -0.39 is 0 Å². The van der Waals surface area contributed by atoms with Gasteiger partial charge in [0.05, 0.1) is 12.7 Å². The van der Waals surface area contributed by atoms with E-state index in [4.69, 9.17) is 9.84 Å². The minimum Gasteiger partial charge on any atom is -0.493 e. The Kier molecular flexibility index (Phi) is 4.63. The van der Waals surface area contributed by atoms with Gasteiger partial charge in [-0.2, -0.15) is 0 Å². The molecule has 0 saturated heterocycles. The third-order valence-corrected chi connectivity index (χ3v) is 2.35. The highest BCUT2D eigenvalue weighted by atomic mass is 16.5. The first kappa shape index (κ1) is 12.1. The normalized spacial score (nSPS) is 12.5. The Hall–Kier alpha value is -1.02. The van der Waals surface area contributed by atoms with Crippen molar-refractivity contribution in [1.82, 2.24) is 0 Å². The lowest BCUT2D eigenvalue weighted by Gasteiger charge is -2.10. The van der Waals surface area contributed by atoms with Crippen LogP contribution in [0.5, 0.6) is 5.75 Å². The molecule has 0 saturated carbocycles. The largest absolute Gasteiger partial charge is 0.493 e. The molecule has 0 fully saturated rings. The van der Waals surface area contributed by atoms with Gasteiger partial charge in [0.1, 0.15) is 5.75 Å². The molecule has 0 aliphatic carbocycles. The fraction of sp³-hybridized carbons (Fsp3) is 0.538. The second-order valence-corrected chi connectivity index (χ2v) is 4.11. The van der Waals surface area contributed by atoms with Crippen molar-refractivity contribution < 1.29 is 9.84 Å². The smallest absolute Gasteiger partial charge is 0.122 e. The molecule has 0 aromatic heterocycles. The maximum atomic E-state index is 9.08. The number of hydrogen-bond donors (Lipinski definition) is 1. The fourth-order valence-electron chi connectivity index (χ4n) is 1.52. The first-order valence-electron chi connectivity index (χ1n) is 5.47. The van der Waals surface area contributed by atoms with E-state index in [0.29, 0.717) is 6.61 Å². The van der Waals surface area contributed by atoms with Gasteiger partial charge in [-0.05, 0) is 45.2 Å². The molecule has 0 amide bonds. The lowest BCUT2D eigenvalue weighted by molar-refractivity contribution is 0.170. The van der Waals surface area contributed by atoms with Gasteiger partial charge in [-0.25, -0.2) is 0 Å². The lowest BCUT2D eigenvalue weighted by atomic mass is 10.1. The summed E-state index contributed by atoms with van der Waals surface area (Å²) >= 11 is 0. The average Bonchev–Trinajstić information content (AvgIpc) is 2.14. The number of aliphatic hydroxyl groups excluding tert-OH is 1. The third kappa shape index (κ3) is 4.34. The summed E-state index contributed by atoms with van der Waals surface area (Å²) in [5.74, 6) is 0.950. The SMILES string of the molecule is Cc1ccc(OCCCC(C)O)c(C)c1. The van der Waals surface area contributed by atoms with Crippen LogP contribution in [-0.4, -0.2) is 17.8 Å². The first-order valence-corrected chi connectivity index (χ1v) is 5.47. The van der Waals surface area contributed by atoms with Crippen molar-refractivity contribution in [2.75, 3.05) is 6.61 Å². The molecule has 2 heteroatoms. The molecule has 0 radical (unpaired) electrons. The highest BCUT2D eigenvalue weighted by molar-refractivity contribution is 5.35. The molecule has 84 valence electrons. The van der Waals surface area contributed by atoms with Gasteiger partial charge >= 0.3 is 0 Å². The maximum absolute atomic E-state index is 9.08. The number of benzene rings is 1. The van der Waals surface area contributed by atoms with Gasteiger partial charge in [-0.15, -0.1) is 0 Å². The van der Waals surface area contributed by atoms with E-state index in [9.17, 15) is 0 Å². The zero-order valence-electron chi connectivity index (χ0n) is 9.79. The van der Waals surface area contributed by atoms with Crippen LogP contribution in [0.4, 0.5) is 0 Å². The molecule has 1 unspecified atom stereocenters. The third-order valence-electron chi connectivity index (χ3n) is 2.35. The van der Waals surface area contributed by atoms with Gasteiger partial charge < -0.3 is 9.84 Å². The second-order valence-electron chi connectivity index (χ2n) is 4.11. The highest BCUT2D eigenvalue weighted by Gasteiger charge is 2.00. The minimum absolute atomic E-state index is 0.229. The molecule has 0 aliphatic heterocycles. The fourth-order valence-corrected chi connectivity index (χ4v) is 1.52. The molecule has 2 nitrogen and oxygen atoms in total. The summed E-state index contributed by atoms with van der Waals surface area (Å²) in [6.07, 6.45) is 1.46. The summed E-state index contributed by atoms with van der Waals surface area (Å²) in [7, 11) is 0. The maximum Gasteiger partial charge on any atom is 0.122 e. The van der Waals surface area contributed by atoms with Crippen LogP contribution in [0.25, 0.3) is 0 Å². The summed E-state index contributed by atoms with van der Waals surface area (Å²) in [4.78, 5) is 0. The Morgan fingerprint density at radius 3 is 2.67 bits per heavy atom. The molecule has 1 aromatic carbocycles. The highest BCUT2D eigenvalue weighted by Crippen LogP contribution is 2.18. The van der Waals surface area contributed by atoms with Gasteiger partial charge in [0, 0.05) is 0 Å². The van der Waals surface area contributed by atoms with Crippen LogP contribution in [0.3, 0.4) is 0 Å². The van der Waals surface area contributed by atoms with E-state index in [0.717, 1.165) is 18.6 Å². The molecule has 1 atom stereocenters. The Morgan fingerprint density at radius 1 is 1.33 bits per heavy atom. The molecule has 0 heterocycles. The number of aliphatic hydroxyl groups is 1. The predicted molar refractivity (Wildman–Crippen MR) is 62.3 cm³/mol. The monoisotopic (exact) mass is 208 g/mol. The predicted octanol–water partition coefficient (Wildman–Crippen LogP) is 2.84. The van der Waals surface area contributed by atoms with Crippen molar-refractivity contribution in [3.05, 3.63) is 29.3 Å². The summed E-state index contributed by atoms with van der Waals surface area (Å²) in [6, 6.07) is 6.17. The summed E-state index contributed by atoms with van der Waals surface area (Å²) in [6.45, 7) is 6.60. The molecule has 1 aromatic rings. The number of aryl methyl sites for hydroxylation is 2. The number of ether oxygens (including phenoxy) is 1. The van der Waals surface area contributed by atoms with E-state index in [1.165, 1.54) is 11.1 Å². The summed E-state index contributed by atoms with van der Waals surface area (Å²) in [5, 5.41) is 9.08. The van der Waals surface area contributed by atoms with Crippen molar-refractivity contribution in [3.8, 4) is 5.75 Å². The summed E-state index contributed by atoms with van der Waals surface area (Å²) < 4.78 is 5.63. The van der Waals surface area contributed by atoms with E-state index in [1.54, 1.807) is 6.92 Å². The molecular formula is C13H20O2. The number of hydrogen-bond acceptors (Lipinski definition) is 2. The van der Waals surface area contributed by atoms with Crippen molar-refractivity contribution in [3.63, 3.8) is 0 Å². The van der Waals surface area contributed by atoms with E-state index >= 15 is 0 Å². The van der Waals surface area contributed by atoms with Crippen LogP contribution >= 0.6 is 0 Å². The van der Waals surface area contributed by atoms with Crippen LogP contribution in [-0.2, 0) is 0 Å². The van der Waals surface area contributed by atoms with Gasteiger partial charge in [0.15, 0.2) is 0 Å². The molecule has 0 aliphatic rings. The molecule has 1 rings (SSSR count). The van der Waals surface area contributed by atoms with E-state index in [-0.39, 0.29) is 6.10 Å². The summed E-state index contributed by atoms with van der Waals surface area (Å²) in [5.41, 5.74) is 2.43. The quantitative estimate of drug-likeness (QED) is 0.754. The zero-order chi connectivity index (χ0) is 11.3.